The molecule has 6 atom stereocenters. The van der Waals surface area contributed by atoms with Crippen molar-refractivity contribution in [2.45, 2.75) is 77.7 Å². The molecule has 0 aromatic heterocycles. The highest BCUT2D eigenvalue weighted by molar-refractivity contribution is 5.91. The summed E-state index contributed by atoms with van der Waals surface area (Å²) in [7, 11) is 4.57. The number of fused-ring (bicyclic) bond motifs is 5. The molecular formula is C22H35NO. The predicted molar refractivity (Wildman–Crippen MR) is 98.8 cm³/mol. The monoisotopic (exact) mass is 329 g/mol. The van der Waals surface area contributed by atoms with Gasteiger partial charge in [-0.05, 0) is 101 Å². The summed E-state index contributed by atoms with van der Waals surface area (Å²) in [4.78, 5) is 14.4. The highest BCUT2D eigenvalue weighted by atomic mass is 16.1. The average molecular weight is 330 g/mol. The molecule has 0 amide bonds. The quantitative estimate of drug-likeness (QED) is 0.686. The minimum atomic E-state index is 0.315. The van der Waals surface area contributed by atoms with Crippen molar-refractivity contribution in [2.75, 3.05) is 14.1 Å². The molecule has 0 heterocycles. The second-order valence-corrected chi connectivity index (χ2v) is 10.1. The Bertz CT molecular complexity index is 593. The normalized spacial score (nSPS) is 51.0. The van der Waals surface area contributed by atoms with Crippen molar-refractivity contribution in [3.05, 3.63) is 11.6 Å². The molecule has 1 unspecified atom stereocenters. The summed E-state index contributed by atoms with van der Waals surface area (Å²) in [6, 6.07) is 0. The van der Waals surface area contributed by atoms with Gasteiger partial charge in [-0.3, -0.25) is 4.79 Å². The van der Waals surface area contributed by atoms with Gasteiger partial charge in [-0.2, -0.15) is 0 Å². The van der Waals surface area contributed by atoms with E-state index < -0.39 is 0 Å². The van der Waals surface area contributed by atoms with Crippen molar-refractivity contribution in [2.24, 2.45) is 28.6 Å². The van der Waals surface area contributed by atoms with Crippen LogP contribution in [0.25, 0.3) is 0 Å². The summed E-state index contributed by atoms with van der Waals surface area (Å²) < 4.78 is 0. The third-order valence-corrected chi connectivity index (χ3v) is 9.51. The number of allylic oxidation sites excluding steroid dienone is 1. The average Bonchev–Trinajstić information content (AvgIpc) is 2.81. The fourth-order valence-electron chi connectivity index (χ4n) is 7.54. The van der Waals surface area contributed by atoms with Gasteiger partial charge in [0.15, 0.2) is 5.78 Å². The minimum Gasteiger partial charge on any atom is -0.303 e. The maximum Gasteiger partial charge on any atom is 0.155 e. The zero-order valence-corrected chi connectivity index (χ0v) is 16.3. The number of ketones is 1. The number of nitrogens with zero attached hydrogens (tertiary/aromatic N) is 1. The Labute approximate surface area is 148 Å². The predicted octanol–water partition coefficient (Wildman–Crippen LogP) is 4.84. The van der Waals surface area contributed by atoms with E-state index in [1.807, 2.05) is 6.08 Å². The molecule has 0 spiro atoms. The molecule has 0 saturated heterocycles. The molecule has 24 heavy (non-hydrogen) atoms. The lowest BCUT2D eigenvalue weighted by atomic mass is 9.46. The molecule has 0 bridgehead atoms. The van der Waals surface area contributed by atoms with Crippen LogP contribution in [0.4, 0.5) is 0 Å². The van der Waals surface area contributed by atoms with E-state index in [-0.39, 0.29) is 0 Å². The van der Waals surface area contributed by atoms with Crippen molar-refractivity contribution in [1.82, 2.24) is 4.90 Å². The van der Waals surface area contributed by atoms with E-state index in [9.17, 15) is 4.79 Å². The van der Waals surface area contributed by atoms with Gasteiger partial charge >= 0.3 is 0 Å². The van der Waals surface area contributed by atoms with Gasteiger partial charge in [0.05, 0.1) is 0 Å². The molecule has 2 nitrogen and oxygen atoms in total. The number of carbonyl (C=O) groups is 1. The first-order chi connectivity index (χ1) is 11.2. The van der Waals surface area contributed by atoms with Crippen molar-refractivity contribution < 1.29 is 4.79 Å². The first kappa shape index (κ1) is 16.8. The molecule has 0 aromatic carbocycles. The molecule has 3 fully saturated rings. The van der Waals surface area contributed by atoms with Crippen molar-refractivity contribution in [1.29, 1.82) is 0 Å². The molecule has 4 rings (SSSR count). The Morgan fingerprint density at radius 2 is 1.67 bits per heavy atom. The summed E-state index contributed by atoms with van der Waals surface area (Å²) in [5.41, 5.74) is 2.62. The maximum absolute atomic E-state index is 11.9. The van der Waals surface area contributed by atoms with Crippen LogP contribution in [0.3, 0.4) is 0 Å². The topological polar surface area (TPSA) is 20.3 Å². The van der Waals surface area contributed by atoms with Crippen LogP contribution >= 0.6 is 0 Å². The van der Waals surface area contributed by atoms with E-state index in [4.69, 9.17) is 0 Å². The molecule has 0 aliphatic heterocycles. The Morgan fingerprint density at radius 1 is 0.958 bits per heavy atom. The van der Waals surface area contributed by atoms with Crippen molar-refractivity contribution >= 4 is 5.78 Å². The highest BCUT2D eigenvalue weighted by Crippen LogP contribution is 2.68. The summed E-state index contributed by atoms with van der Waals surface area (Å²) in [5, 5.41) is 0. The van der Waals surface area contributed by atoms with Crippen molar-refractivity contribution in [3.63, 3.8) is 0 Å². The van der Waals surface area contributed by atoms with Crippen molar-refractivity contribution in [3.8, 4) is 0 Å². The van der Waals surface area contributed by atoms with Gasteiger partial charge < -0.3 is 4.90 Å². The fraction of sp³-hybridized carbons (Fsp3) is 0.864. The van der Waals surface area contributed by atoms with Crippen LogP contribution < -0.4 is 0 Å². The second kappa shape index (κ2) is 5.19. The maximum atomic E-state index is 11.9. The van der Waals surface area contributed by atoms with Crippen LogP contribution in [0, 0.1) is 28.6 Å². The van der Waals surface area contributed by atoms with Crippen LogP contribution in [0.2, 0.25) is 0 Å². The zero-order valence-electron chi connectivity index (χ0n) is 16.3. The SMILES string of the molecule is CN(C)C1(C)CC[C@H]2[C@@H]3CCC4=CC(=O)CC[C@]4(C)[C@H]3CC[C@@]21C. The van der Waals surface area contributed by atoms with Crippen LogP contribution in [0.15, 0.2) is 11.6 Å². The van der Waals surface area contributed by atoms with E-state index >= 15 is 0 Å². The Balaban J connectivity index is 1.69. The molecule has 4 aliphatic rings. The number of rotatable bonds is 1. The van der Waals surface area contributed by atoms with E-state index in [0.717, 1.165) is 30.6 Å². The smallest absolute Gasteiger partial charge is 0.155 e. The highest BCUT2D eigenvalue weighted by Gasteiger charge is 2.63. The van der Waals surface area contributed by atoms with Gasteiger partial charge in [-0.25, -0.2) is 0 Å². The Hall–Kier alpha value is -0.630. The molecule has 3 saturated carbocycles. The molecule has 0 radical (unpaired) electrons. The van der Waals surface area contributed by atoms with Crippen LogP contribution in [0.1, 0.15) is 72.1 Å². The molecule has 0 N–H and O–H groups in total. The summed E-state index contributed by atoms with van der Waals surface area (Å²) >= 11 is 0. The molecule has 4 aliphatic carbocycles. The van der Waals surface area contributed by atoms with Gasteiger partial charge in [-0.1, -0.05) is 19.4 Å². The van der Waals surface area contributed by atoms with Gasteiger partial charge in [0.1, 0.15) is 0 Å². The number of hydrogen-bond acceptors (Lipinski definition) is 2. The summed E-state index contributed by atoms with van der Waals surface area (Å²) in [6.45, 7) is 7.60. The lowest BCUT2D eigenvalue weighted by Crippen LogP contribution is -2.58. The van der Waals surface area contributed by atoms with Gasteiger partial charge in [0, 0.05) is 12.0 Å². The molecule has 134 valence electrons. The Morgan fingerprint density at radius 3 is 2.38 bits per heavy atom. The lowest BCUT2D eigenvalue weighted by Gasteiger charge is -2.60. The largest absolute Gasteiger partial charge is 0.303 e. The third kappa shape index (κ3) is 1.95. The first-order valence-corrected chi connectivity index (χ1v) is 10.1. The Kier molecular flexibility index (Phi) is 3.64. The van der Waals surface area contributed by atoms with E-state index in [1.165, 1.54) is 44.1 Å². The van der Waals surface area contributed by atoms with Gasteiger partial charge in [0.25, 0.3) is 0 Å². The van der Waals surface area contributed by atoms with Gasteiger partial charge in [-0.15, -0.1) is 0 Å². The molecular weight excluding hydrogens is 294 g/mol. The summed E-state index contributed by atoms with van der Waals surface area (Å²) in [6.07, 6.45) is 11.9. The lowest BCUT2D eigenvalue weighted by molar-refractivity contribution is -0.118. The van der Waals surface area contributed by atoms with E-state index in [1.54, 1.807) is 0 Å². The van der Waals surface area contributed by atoms with Crippen LogP contribution in [-0.2, 0) is 4.79 Å². The standard InChI is InChI=1S/C22H35NO/c1-20-11-8-16(24)14-15(20)6-7-17-18(20)9-12-21(2)19(17)10-13-22(21,3)23(4)5/h14,17-19H,6-13H2,1-5H3/t17-,18+,19+,20+,21+,22?/m1/s1. The summed E-state index contributed by atoms with van der Waals surface area (Å²) in [5.74, 6) is 2.94. The van der Waals surface area contributed by atoms with E-state index in [2.05, 4.69) is 39.8 Å². The molecule has 0 aromatic rings. The second-order valence-electron chi connectivity index (χ2n) is 10.1. The van der Waals surface area contributed by atoms with Gasteiger partial charge in [0.2, 0.25) is 0 Å². The minimum absolute atomic E-state index is 0.315. The molecule has 2 heteroatoms. The zero-order chi connectivity index (χ0) is 17.3. The number of carbonyl (C=O) groups excluding carboxylic acids is 1. The fourth-order valence-corrected chi connectivity index (χ4v) is 7.54. The first-order valence-electron chi connectivity index (χ1n) is 10.1. The third-order valence-electron chi connectivity index (χ3n) is 9.51. The number of hydrogen-bond donors (Lipinski definition) is 0. The van der Waals surface area contributed by atoms with Crippen LogP contribution in [-0.4, -0.2) is 30.3 Å². The van der Waals surface area contributed by atoms with E-state index in [0.29, 0.717) is 22.2 Å². The van der Waals surface area contributed by atoms with Crippen LogP contribution in [0.5, 0.6) is 0 Å².